The van der Waals surface area contributed by atoms with Crippen molar-refractivity contribution in [2.75, 3.05) is 6.54 Å². The molecule has 0 bridgehead atoms. The van der Waals surface area contributed by atoms with Crippen molar-refractivity contribution in [3.05, 3.63) is 18.7 Å². The van der Waals surface area contributed by atoms with E-state index in [0.717, 1.165) is 19.3 Å². The molecule has 3 atom stereocenters. The van der Waals surface area contributed by atoms with E-state index < -0.39 is 0 Å². The van der Waals surface area contributed by atoms with Crippen molar-refractivity contribution in [1.82, 2.24) is 14.9 Å². The molecule has 1 amide bonds. The largest absolute Gasteiger partial charge is 0.351 e. The Morgan fingerprint density at radius 3 is 2.89 bits per heavy atom. The number of carbonyl (C=O) groups excluding carboxylic acids is 1. The van der Waals surface area contributed by atoms with Crippen LogP contribution in [-0.2, 0) is 4.79 Å². The summed E-state index contributed by atoms with van der Waals surface area (Å²) in [4.78, 5) is 16.4. The lowest BCUT2D eigenvalue weighted by molar-refractivity contribution is -0.126. The molecule has 1 fully saturated rings. The molecule has 0 saturated heterocycles. The van der Waals surface area contributed by atoms with Crippen LogP contribution in [0.2, 0.25) is 0 Å². The first-order chi connectivity index (χ1) is 9.13. The van der Waals surface area contributed by atoms with E-state index in [1.54, 1.807) is 6.20 Å². The molecule has 1 aromatic rings. The van der Waals surface area contributed by atoms with Gasteiger partial charge in [0.1, 0.15) is 0 Å². The molecule has 0 aromatic carbocycles. The number of carbonyl (C=O) groups is 1. The van der Waals surface area contributed by atoms with E-state index in [-0.39, 0.29) is 23.8 Å². The van der Waals surface area contributed by atoms with Crippen LogP contribution in [0.4, 0.5) is 0 Å². The Hall–Kier alpha value is -1.36. The second-order valence-corrected chi connectivity index (χ2v) is 5.71. The molecule has 5 heteroatoms. The van der Waals surface area contributed by atoms with Gasteiger partial charge in [0.2, 0.25) is 5.91 Å². The zero-order chi connectivity index (χ0) is 13.8. The maximum atomic E-state index is 12.3. The average molecular weight is 264 g/mol. The molecule has 106 valence electrons. The molecule has 1 aliphatic carbocycles. The number of nitrogens with one attached hydrogen (secondary N) is 1. The molecule has 3 unspecified atom stereocenters. The minimum atomic E-state index is -0.0935. The fraction of sp³-hybridized carbons (Fsp3) is 0.714. The first kappa shape index (κ1) is 14.1. The zero-order valence-corrected chi connectivity index (χ0v) is 11.7. The third-order valence-corrected chi connectivity index (χ3v) is 4.11. The van der Waals surface area contributed by atoms with Crippen molar-refractivity contribution in [2.45, 2.75) is 45.2 Å². The molecule has 5 nitrogen and oxygen atoms in total. The molecule has 1 saturated carbocycles. The van der Waals surface area contributed by atoms with Crippen LogP contribution in [0.1, 0.15) is 39.2 Å². The fourth-order valence-electron chi connectivity index (χ4n) is 2.90. The Bertz CT molecular complexity index is 402. The highest BCUT2D eigenvalue weighted by molar-refractivity contribution is 5.79. The first-order valence-corrected chi connectivity index (χ1v) is 7.11. The molecule has 3 N–H and O–H groups in total. The van der Waals surface area contributed by atoms with Crippen molar-refractivity contribution in [3.8, 4) is 0 Å². The number of imidazole rings is 1. The number of nitrogens with two attached hydrogens (primary N) is 1. The summed E-state index contributed by atoms with van der Waals surface area (Å²) < 4.78 is 2.10. The molecule has 1 aromatic heterocycles. The van der Waals surface area contributed by atoms with E-state index in [2.05, 4.69) is 14.9 Å². The van der Waals surface area contributed by atoms with Crippen LogP contribution in [0.15, 0.2) is 18.7 Å². The normalized spacial score (nSPS) is 24.6. The summed E-state index contributed by atoms with van der Waals surface area (Å²) in [5, 5.41) is 3.18. The van der Waals surface area contributed by atoms with E-state index in [4.69, 9.17) is 5.73 Å². The molecular formula is C14H24N4O. The summed E-state index contributed by atoms with van der Waals surface area (Å²) in [6.45, 7) is 4.49. The third kappa shape index (κ3) is 3.15. The van der Waals surface area contributed by atoms with Crippen LogP contribution in [0.3, 0.4) is 0 Å². The van der Waals surface area contributed by atoms with Gasteiger partial charge in [0.25, 0.3) is 0 Å². The third-order valence-electron chi connectivity index (χ3n) is 4.11. The van der Waals surface area contributed by atoms with Gasteiger partial charge in [0.05, 0.1) is 18.3 Å². The van der Waals surface area contributed by atoms with Crippen LogP contribution >= 0.6 is 0 Å². The summed E-state index contributed by atoms with van der Waals surface area (Å²) >= 11 is 0. The minimum Gasteiger partial charge on any atom is -0.351 e. The summed E-state index contributed by atoms with van der Waals surface area (Å²) in [6, 6.07) is 0.534. The molecule has 2 rings (SSSR count). The number of hydrogen-bond acceptors (Lipinski definition) is 3. The van der Waals surface area contributed by atoms with Crippen molar-refractivity contribution in [3.63, 3.8) is 0 Å². The summed E-state index contributed by atoms with van der Waals surface area (Å²) in [5.41, 5.74) is 5.70. The molecule has 1 heterocycles. The van der Waals surface area contributed by atoms with E-state index in [1.807, 2.05) is 26.4 Å². The second kappa shape index (κ2) is 6.19. The maximum absolute atomic E-state index is 12.3. The van der Waals surface area contributed by atoms with Crippen LogP contribution in [0.5, 0.6) is 0 Å². The Balaban J connectivity index is 2.00. The number of rotatable bonds is 5. The lowest BCUT2D eigenvalue weighted by atomic mass is 9.94. The predicted octanol–water partition coefficient (Wildman–Crippen LogP) is 1.32. The van der Waals surface area contributed by atoms with Crippen molar-refractivity contribution < 1.29 is 4.79 Å². The van der Waals surface area contributed by atoms with Gasteiger partial charge in [-0.2, -0.15) is 0 Å². The summed E-state index contributed by atoms with van der Waals surface area (Å²) in [7, 11) is 0. The van der Waals surface area contributed by atoms with Crippen LogP contribution in [-0.4, -0.2) is 28.0 Å². The highest BCUT2D eigenvalue weighted by Gasteiger charge is 2.31. The van der Waals surface area contributed by atoms with Crippen molar-refractivity contribution in [1.29, 1.82) is 0 Å². The van der Waals surface area contributed by atoms with Crippen LogP contribution < -0.4 is 11.1 Å². The lowest BCUT2D eigenvalue weighted by Gasteiger charge is -2.26. The Labute approximate surface area is 114 Å². The molecule has 0 radical (unpaired) electrons. The molecular weight excluding hydrogens is 240 g/mol. The van der Waals surface area contributed by atoms with Gasteiger partial charge in [-0.1, -0.05) is 13.8 Å². The standard InChI is InChI=1S/C14H24N4O/c1-10(2)11(8-15)14(19)17-12-4-3-5-13(12)18-7-6-16-9-18/h6-7,9-13H,3-5,8,15H2,1-2H3,(H,17,19). The van der Waals surface area contributed by atoms with E-state index in [9.17, 15) is 4.79 Å². The predicted molar refractivity (Wildman–Crippen MR) is 74.4 cm³/mol. The fourth-order valence-corrected chi connectivity index (χ4v) is 2.90. The molecule has 0 aliphatic heterocycles. The molecule has 19 heavy (non-hydrogen) atoms. The van der Waals surface area contributed by atoms with Gasteiger partial charge >= 0.3 is 0 Å². The van der Waals surface area contributed by atoms with Crippen LogP contribution in [0, 0.1) is 11.8 Å². The summed E-state index contributed by atoms with van der Waals surface area (Å²) in [6.07, 6.45) is 8.85. The van der Waals surface area contributed by atoms with Crippen molar-refractivity contribution >= 4 is 5.91 Å². The van der Waals surface area contributed by atoms with E-state index in [1.165, 1.54) is 0 Å². The molecule has 1 aliphatic rings. The van der Waals surface area contributed by atoms with Gasteiger partial charge in [-0.05, 0) is 25.2 Å². The topological polar surface area (TPSA) is 72.9 Å². The second-order valence-electron chi connectivity index (χ2n) is 5.71. The van der Waals surface area contributed by atoms with E-state index in [0.29, 0.717) is 12.6 Å². The summed E-state index contributed by atoms with van der Waals surface area (Å²) in [5.74, 6) is 0.275. The van der Waals surface area contributed by atoms with Crippen molar-refractivity contribution in [2.24, 2.45) is 17.6 Å². The highest BCUT2D eigenvalue weighted by Crippen LogP contribution is 2.30. The zero-order valence-electron chi connectivity index (χ0n) is 11.7. The molecule has 0 spiro atoms. The maximum Gasteiger partial charge on any atom is 0.224 e. The smallest absolute Gasteiger partial charge is 0.224 e. The van der Waals surface area contributed by atoms with Gasteiger partial charge in [0, 0.05) is 25.0 Å². The average Bonchev–Trinajstić information content (AvgIpc) is 2.98. The quantitative estimate of drug-likeness (QED) is 0.842. The Kier molecular flexibility index (Phi) is 4.58. The number of nitrogens with zero attached hydrogens (tertiary/aromatic N) is 2. The van der Waals surface area contributed by atoms with Gasteiger partial charge in [-0.25, -0.2) is 4.98 Å². The van der Waals surface area contributed by atoms with Gasteiger partial charge < -0.3 is 15.6 Å². The van der Waals surface area contributed by atoms with Gasteiger partial charge in [-0.15, -0.1) is 0 Å². The van der Waals surface area contributed by atoms with E-state index >= 15 is 0 Å². The monoisotopic (exact) mass is 264 g/mol. The van der Waals surface area contributed by atoms with Crippen LogP contribution in [0.25, 0.3) is 0 Å². The number of hydrogen-bond donors (Lipinski definition) is 2. The number of amides is 1. The highest BCUT2D eigenvalue weighted by atomic mass is 16.2. The number of aromatic nitrogens is 2. The Morgan fingerprint density at radius 1 is 1.53 bits per heavy atom. The van der Waals surface area contributed by atoms with Gasteiger partial charge in [0.15, 0.2) is 0 Å². The lowest BCUT2D eigenvalue weighted by Crippen LogP contribution is -2.44. The minimum absolute atomic E-state index is 0.0921. The Morgan fingerprint density at radius 2 is 2.32 bits per heavy atom. The first-order valence-electron chi connectivity index (χ1n) is 7.11. The van der Waals surface area contributed by atoms with Gasteiger partial charge in [-0.3, -0.25) is 4.79 Å². The SMILES string of the molecule is CC(C)C(CN)C(=O)NC1CCCC1n1ccnc1.